The fraction of sp³-hybridized carbons (Fsp3) is 0. The van der Waals surface area contributed by atoms with Gasteiger partial charge >= 0.3 is 0 Å². The minimum absolute atomic E-state index is 0.895. The van der Waals surface area contributed by atoms with Gasteiger partial charge in [0.25, 0.3) is 0 Å². The summed E-state index contributed by atoms with van der Waals surface area (Å²) < 4.78 is 8.99. The minimum Gasteiger partial charge on any atom is -0.455 e. The molecule has 0 saturated heterocycles. The number of aromatic nitrogens is 1. The van der Waals surface area contributed by atoms with Crippen LogP contribution < -0.4 is 4.90 Å². The van der Waals surface area contributed by atoms with Gasteiger partial charge in [-0.25, -0.2) is 0 Å². The molecule has 2 aromatic heterocycles. The number of fused-ring (bicyclic) bond motifs is 11. The van der Waals surface area contributed by atoms with Crippen molar-refractivity contribution in [1.29, 1.82) is 0 Å². The first-order valence-electron chi connectivity index (χ1n) is 21.6. The van der Waals surface area contributed by atoms with Crippen LogP contribution in [0.3, 0.4) is 0 Å². The lowest BCUT2D eigenvalue weighted by molar-refractivity contribution is 0.673. The van der Waals surface area contributed by atoms with Crippen molar-refractivity contribution in [2.45, 2.75) is 0 Å². The van der Waals surface area contributed by atoms with Crippen LogP contribution in [0.4, 0.5) is 17.1 Å². The van der Waals surface area contributed by atoms with E-state index in [1.807, 2.05) is 0 Å². The average Bonchev–Trinajstić information content (AvgIpc) is 3.90. The highest BCUT2D eigenvalue weighted by Crippen LogP contribution is 2.44. The number of benzene rings is 11. The molecular weight excluding hydrogens is 765 g/mol. The molecule has 0 fully saturated rings. The Morgan fingerprint density at radius 1 is 0.333 bits per heavy atom. The Balaban J connectivity index is 0.940. The van der Waals surface area contributed by atoms with Gasteiger partial charge < -0.3 is 13.9 Å². The van der Waals surface area contributed by atoms with Crippen LogP contribution >= 0.6 is 0 Å². The van der Waals surface area contributed by atoms with Gasteiger partial charge in [-0.05, 0) is 105 Å². The predicted octanol–water partition coefficient (Wildman–Crippen LogP) is 16.9. The Labute approximate surface area is 363 Å². The van der Waals surface area contributed by atoms with Gasteiger partial charge in [-0.3, -0.25) is 0 Å². The average molecular weight is 803 g/mol. The van der Waals surface area contributed by atoms with Crippen molar-refractivity contribution in [2.24, 2.45) is 0 Å². The zero-order chi connectivity index (χ0) is 41.4. The van der Waals surface area contributed by atoms with Crippen LogP contribution in [-0.4, -0.2) is 4.57 Å². The molecule has 11 aromatic carbocycles. The molecule has 0 aliphatic carbocycles. The number of hydrogen-bond donors (Lipinski definition) is 0. The van der Waals surface area contributed by atoms with E-state index in [-0.39, 0.29) is 0 Å². The van der Waals surface area contributed by atoms with Crippen LogP contribution in [0.5, 0.6) is 0 Å². The van der Waals surface area contributed by atoms with Gasteiger partial charge in [0.15, 0.2) is 0 Å². The third kappa shape index (κ3) is 5.60. The fourth-order valence-corrected chi connectivity index (χ4v) is 10.0. The van der Waals surface area contributed by atoms with E-state index in [0.717, 1.165) is 66.8 Å². The Bertz CT molecular complexity index is 3860. The number of rotatable bonds is 6. The molecule has 0 saturated carbocycles. The van der Waals surface area contributed by atoms with Gasteiger partial charge in [0.2, 0.25) is 0 Å². The smallest absolute Gasteiger partial charge is 0.143 e. The van der Waals surface area contributed by atoms with E-state index in [1.54, 1.807) is 0 Å². The number of furan rings is 1. The van der Waals surface area contributed by atoms with Crippen LogP contribution in [-0.2, 0) is 0 Å². The predicted molar refractivity (Wildman–Crippen MR) is 266 cm³/mol. The molecule has 13 rings (SSSR count). The van der Waals surface area contributed by atoms with Crippen LogP contribution in [0.1, 0.15) is 0 Å². The highest BCUT2D eigenvalue weighted by molar-refractivity contribution is 6.16. The van der Waals surface area contributed by atoms with Crippen LogP contribution in [0.25, 0.3) is 104 Å². The van der Waals surface area contributed by atoms with Crippen molar-refractivity contribution < 1.29 is 4.42 Å². The molecule has 3 nitrogen and oxygen atoms in total. The lowest BCUT2D eigenvalue weighted by atomic mass is 9.98. The van der Waals surface area contributed by atoms with Crippen molar-refractivity contribution in [3.05, 3.63) is 231 Å². The first-order chi connectivity index (χ1) is 31.2. The van der Waals surface area contributed by atoms with E-state index in [2.05, 4.69) is 240 Å². The Morgan fingerprint density at radius 2 is 0.873 bits per heavy atom. The molecule has 0 radical (unpaired) electrons. The lowest BCUT2D eigenvalue weighted by Gasteiger charge is -2.28. The summed E-state index contributed by atoms with van der Waals surface area (Å²) in [5.41, 5.74) is 13.3. The van der Waals surface area contributed by atoms with Gasteiger partial charge in [0, 0.05) is 49.3 Å². The van der Waals surface area contributed by atoms with E-state index in [4.69, 9.17) is 4.42 Å². The summed E-state index contributed by atoms with van der Waals surface area (Å²) in [6.45, 7) is 0. The maximum absolute atomic E-state index is 6.58. The van der Waals surface area contributed by atoms with Gasteiger partial charge in [-0.2, -0.15) is 0 Å². The molecule has 0 spiro atoms. The number of nitrogens with zero attached hydrogens (tertiary/aromatic N) is 2. The summed E-state index contributed by atoms with van der Waals surface area (Å²) in [5.74, 6) is 0. The van der Waals surface area contributed by atoms with Crippen molar-refractivity contribution in [3.8, 4) is 27.9 Å². The van der Waals surface area contributed by atoms with Crippen LogP contribution in [0, 0.1) is 0 Å². The summed E-state index contributed by atoms with van der Waals surface area (Å²) in [6, 6.07) is 83.5. The van der Waals surface area contributed by atoms with Gasteiger partial charge in [-0.15, -0.1) is 0 Å². The van der Waals surface area contributed by atoms with Gasteiger partial charge in [0.05, 0.1) is 22.4 Å². The number of para-hydroxylation sites is 3. The van der Waals surface area contributed by atoms with E-state index in [9.17, 15) is 0 Å². The monoisotopic (exact) mass is 802 g/mol. The third-order valence-corrected chi connectivity index (χ3v) is 13.0. The quantitative estimate of drug-likeness (QED) is 0.156. The van der Waals surface area contributed by atoms with Crippen LogP contribution in [0.2, 0.25) is 0 Å². The van der Waals surface area contributed by atoms with Gasteiger partial charge in [-0.1, -0.05) is 164 Å². The van der Waals surface area contributed by atoms with Gasteiger partial charge in [0.1, 0.15) is 11.2 Å². The molecule has 13 aromatic rings. The summed E-state index contributed by atoms with van der Waals surface area (Å²) >= 11 is 0. The fourth-order valence-electron chi connectivity index (χ4n) is 10.0. The second-order valence-electron chi connectivity index (χ2n) is 16.5. The third-order valence-electron chi connectivity index (χ3n) is 13.0. The molecule has 0 N–H and O–H groups in total. The SMILES string of the molecule is c1ccc(-n2c3ccccc3c3ccccc32)c(-c2ccc(N(c3ccc(-c4ccc5c(c4)oc4c6ccccc6ccc54)cc3)c3cc4ccccc4c4ccccc34)cc2)c1. The highest BCUT2D eigenvalue weighted by atomic mass is 16.3. The molecule has 0 bridgehead atoms. The highest BCUT2D eigenvalue weighted by Gasteiger charge is 2.20. The van der Waals surface area contributed by atoms with E-state index < -0.39 is 0 Å². The number of hydrogen-bond acceptors (Lipinski definition) is 2. The standard InChI is InChI=1S/C60H38N2O/c1-4-17-48-40(13-1)29-36-54-53-35-30-42(38-59(53)63-60(48)54)39-25-31-44(32-26-39)61(58-37-43-14-2-3-15-46(43)49-18-5-6-19-50(49)58)45-33-27-41(28-34-45)47-16-7-10-22-55(47)62-56-23-11-8-20-51(56)52-21-9-12-24-57(52)62/h1-38H. The van der Waals surface area contributed by atoms with E-state index in [1.165, 1.54) is 54.3 Å². The molecule has 0 aliphatic rings. The van der Waals surface area contributed by atoms with Crippen molar-refractivity contribution in [3.63, 3.8) is 0 Å². The van der Waals surface area contributed by atoms with E-state index in [0.29, 0.717) is 0 Å². The maximum atomic E-state index is 6.58. The zero-order valence-corrected chi connectivity index (χ0v) is 34.2. The normalized spacial score (nSPS) is 11.8. The first kappa shape index (κ1) is 35.4. The largest absolute Gasteiger partial charge is 0.455 e. The molecular formula is C60H38N2O. The molecule has 0 unspecified atom stereocenters. The molecule has 63 heavy (non-hydrogen) atoms. The second kappa shape index (κ2) is 14.1. The lowest BCUT2D eigenvalue weighted by Crippen LogP contribution is -2.10. The van der Waals surface area contributed by atoms with Crippen LogP contribution in [0.15, 0.2) is 235 Å². The maximum Gasteiger partial charge on any atom is 0.143 e. The molecule has 3 heteroatoms. The molecule has 294 valence electrons. The molecule has 2 heterocycles. The zero-order valence-electron chi connectivity index (χ0n) is 34.2. The summed E-state index contributed by atoms with van der Waals surface area (Å²) in [5, 5.41) is 12.0. The topological polar surface area (TPSA) is 21.3 Å². The second-order valence-corrected chi connectivity index (χ2v) is 16.5. The summed E-state index contributed by atoms with van der Waals surface area (Å²) in [7, 11) is 0. The number of anilines is 3. The molecule has 0 aliphatic heterocycles. The Hall–Kier alpha value is -8.40. The van der Waals surface area contributed by atoms with Crippen molar-refractivity contribution in [1.82, 2.24) is 4.57 Å². The van der Waals surface area contributed by atoms with Crippen molar-refractivity contribution >= 4 is 93.1 Å². The molecule has 0 atom stereocenters. The minimum atomic E-state index is 0.895. The Kier molecular flexibility index (Phi) is 7.91. The molecule has 0 amide bonds. The summed E-state index contributed by atoms with van der Waals surface area (Å²) in [4.78, 5) is 2.41. The van der Waals surface area contributed by atoms with E-state index >= 15 is 0 Å². The van der Waals surface area contributed by atoms with Crippen molar-refractivity contribution in [2.75, 3.05) is 4.90 Å². The Morgan fingerprint density at radius 3 is 1.60 bits per heavy atom. The summed E-state index contributed by atoms with van der Waals surface area (Å²) in [6.07, 6.45) is 0. The first-order valence-corrected chi connectivity index (χ1v) is 21.6.